The molecule has 7 heteroatoms. The molecule has 0 bridgehead atoms. The molecule has 1 fully saturated rings. The van der Waals surface area contributed by atoms with Crippen molar-refractivity contribution in [3.05, 3.63) is 35.4 Å². The first-order valence-electron chi connectivity index (χ1n) is 6.14. The van der Waals surface area contributed by atoms with Crippen molar-refractivity contribution in [2.75, 3.05) is 13.1 Å². The van der Waals surface area contributed by atoms with Crippen LogP contribution in [0.4, 0.5) is 18.0 Å². The number of primary amides is 1. The van der Waals surface area contributed by atoms with Crippen molar-refractivity contribution in [2.24, 2.45) is 5.73 Å². The summed E-state index contributed by atoms with van der Waals surface area (Å²) in [6.45, 7) is 2.43. The number of urea groups is 1. The monoisotopic (exact) mass is 288 g/mol. The third-order valence-corrected chi connectivity index (χ3v) is 3.24. The van der Waals surface area contributed by atoms with Gasteiger partial charge in [-0.3, -0.25) is 0 Å². The summed E-state index contributed by atoms with van der Waals surface area (Å²) >= 11 is 0. The highest BCUT2D eigenvalue weighted by Gasteiger charge is 2.33. The van der Waals surface area contributed by atoms with E-state index in [4.69, 9.17) is 10.5 Å². The number of halogens is 3. The van der Waals surface area contributed by atoms with E-state index in [1.54, 1.807) is 13.0 Å². The van der Waals surface area contributed by atoms with Gasteiger partial charge in [0, 0.05) is 0 Å². The third-order valence-electron chi connectivity index (χ3n) is 3.24. The maximum Gasteiger partial charge on any atom is 0.416 e. The number of carbonyl (C=O) groups excluding carboxylic acids is 1. The van der Waals surface area contributed by atoms with E-state index in [-0.39, 0.29) is 6.10 Å². The van der Waals surface area contributed by atoms with Crippen molar-refractivity contribution in [1.29, 1.82) is 0 Å². The lowest BCUT2D eigenvalue weighted by molar-refractivity contribution is -0.137. The van der Waals surface area contributed by atoms with Gasteiger partial charge in [0.2, 0.25) is 0 Å². The van der Waals surface area contributed by atoms with Gasteiger partial charge in [-0.1, -0.05) is 12.1 Å². The Kier molecular flexibility index (Phi) is 3.89. The van der Waals surface area contributed by atoms with Crippen LogP contribution >= 0.6 is 0 Å². The van der Waals surface area contributed by atoms with Crippen LogP contribution in [0.15, 0.2) is 24.3 Å². The third kappa shape index (κ3) is 3.22. The first-order valence-corrected chi connectivity index (χ1v) is 6.14. The molecule has 110 valence electrons. The molecule has 1 heterocycles. The van der Waals surface area contributed by atoms with Crippen LogP contribution in [0.2, 0.25) is 0 Å². The molecule has 1 aromatic rings. The molecule has 1 aliphatic rings. The number of carbonyl (C=O) groups is 1. The van der Waals surface area contributed by atoms with Gasteiger partial charge in [0.25, 0.3) is 0 Å². The molecule has 1 aromatic carbocycles. The van der Waals surface area contributed by atoms with Crippen molar-refractivity contribution in [3.8, 4) is 0 Å². The van der Waals surface area contributed by atoms with Gasteiger partial charge in [-0.25, -0.2) is 4.79 Å². The summed E-state index contributed by atoms with van der Waals surface area (Å²) in [4.78, 5) is 12.2. The fraction of sp³-hybridized carbons (Fsp3) is 0.462. The predicted molar refractivity (Wildman–Crippen MR) is 65.9 cm³/mol. The minimum absolute atomic E-state index is 0.188. The average molecular weight is 288 g/mol. The van der Waals surface area contributed by atoms with E-state index in [0.717, 1.165) is 12.1 Å². The van der Waals surface area contributed by atoms with Crippen LogP contribution in [0.3, 0.4) is 0 Å². The molecule has 1 atom stereocenters. The molecule has 0 saturated carbocycles. The first-order chi connectivity index (χ1) is 9.27. The number of alkyl halides is 3. The van der Waals surface area contributed by atoms with Crippen molar-refractivity contribution in [2.45, 2.75) is 25.3 Å². The van der Waals surface area contributed by atoms with Crippen LogP contribution in [0.5, 0.6) is 0 Å². The molecule has 2 amide bonds. The number of nitrogens with two attached hydrogens (primary N) is 1. The molecule has 1 aliphatic heterocycles. The fourth-order valence-electron chi connectivity index (χ4n) is 2.04. The number of likely N-dealkylation sites (tertiary alicyclic amines) is 1. The number of hydrogen-bond acceptors (Lipinski definition) is 2. The Hall–Kier alpha value is -1.76. The number of amides is 2. The second kappa shape index (κ2) is 5.32. The van der Waals surface area contributed by atoms with Gasteiger partial charge in [0.15, 0.2) is 0 Å². The Morgan fingerprint density at radius 3 is 2.65 bits per heavy atom. The molecular weight excluding hydrogens is 273 g/mol. The summed E-state index contributed by atoms with van der Waals surface area (Å²) in [7, 11) is 0. The number of rotatable bonds is 3. The Bertz CT molecular complexity index is 499. The van der Waals surface area contributed by atoms with Gasteiger partial charge in [0.05, 0.1) is 30.9 Å². The minimum atomic E-state index is -4.37. The SMILES string of the molecule is CC(OC1CN(C(N)=O)C1)c1cccc(C(F)(F)F)c1. The van der Waals surface area contributed by atoms with Crippen LogP contribution < -0.4 is 5.73 Å². The molecule has 0 radical (unpaired) electrons. The lowest BCUT2D eigenvalue weighted by Gasteiger charge is -2.39. The number of benzene rings is 1. The highest BCUT2D eigenvalue weighted by molar-refractivity contribution is 5.73. The summed E-state index contributed by atoms with van der Waals surface area (Å²) in [5, 5.41) is 0. The van der Waals surface area contributed by atoms with E-state index in [1.165, 1.54) is 11.0 Å². The zero-order chi connectivity index (χ0) is 14.9. The summed E-state index contributed by atoms with van der Waals surface area (Å²) in [6.07, 6.45) is -5.03. The van der Waals surface area contributed by atoms with Crippen LogP contribution in [-0.2, 0) is 10.9 Å². The Balaban J connectivity index is 1.97. The van der Waals surface area contributed by atoms with E-state index >= 15 is 0 Å². The molecule has 0 aromatic heterocycles. The van der Waals surface area contributed by atoms with Gasteiger partial charge >= 0.3 is 12.2 Å². The molecule has 0 spiro atoms. The topological polar surface area (TPSA) is 55.6 Å². The van der Waals surface area contributed by atoms with Crippen LogP contribution in [0, 0.1) is 0 Å². The Morgan fingerprint density at radius 2 is 2.10 bits per heavy atom. The van der Waals surface area contributed by atoms with E-state index in [1.807, 2.05) is 0 Å². The molecule has 1 saturated heterocycles. The van der Waals surface area contributed by atoms with Gasteiger partial charge < -0.3 is 15.4 Å². The maximum absolute atomic E-state index is 12.6. The second-order valence-electron chi connectivity index (χ2n) is 4.77. The molecule has 2 N–H and O–H groups in total. The fourth-order valence-corrected chi connectivity index (χ4v) is 2.04. The van der Waals surface area contributed by atoms with Crippen molar-refractivity contribution >= 4 is 6.03 Å². The zero-order valence-electron chi connectivity index (χ0n) is 10.9. The molecule has 2 rings (SSSR count). The molecule has 0 aliphatic carbocycles. The van der Waals surface area contributed by atoms with Crippen LogP contribution in [0.25, 0.3) is 0 Å². The van der Waals surface area contributed by atoms with Crippen LogP contribution in [-0.4, -0.2) is 30.1 Å². The predicted octanol–water partition coefficient (Wildman–Crippen LogP) is 2.55. The van der Waals surface area contributed by atoms with Crippen molar-refractivity contribution in [1.82, 2.24) is 4.90 Å². The molecule has 1 unspecified atom stereocenters. The minimum Gasteiger partial charge on any atom is -0.367 e. The summed E-state index contributed by atoms with van der Waals surface area (Å²) in [5.74, 6) is 0. The van der Waals surface area contributed by atoms with Crippen LogP contribution in [0.1, 0.15) is 24.2 Å². The van der Waals surface area contributed by atoms with Gasteiger partial charge in [0.1, 0.15) is 0 Å². The number of hydrogen-bond donors (Lipinski definition) is 1. The quantitative estimate of drug-likeness (QED) is 0.929. The summed E-state index contributed by atoms with van der Waals surface area (Å²) in [6, 6.07) is 4.53. The summed E-state index contributed by atoms with van der Waals surface area (Å²) in [5.41, 5.74) is 4.84. The Labute approximate surface area is 114 Å². The highest BCUT2D eigenvalue weighted by Crippen LogP contribution is 2.32. The first kappa shape index (κ1) is 14.6. The largest absolute Gasteiger partial charge is 0.416 e. The summed E-state index contributed by atoms with van der Waals surface area (Å²) < 4.78 is 43.4. The van der Waals surface area contributed by atoms with E-state index in [0.29, 0.717) is 18.7 Å². The van der Waals surface area contributed by atoms with E-state index in [9.17, 15) is 18.0 Å². The van der Waals surface area contributed by atoms with E-state index in [2.05, 4.69) is 0 Å². The lowest BCUT2D eigenvalue weighted by atomic mass is 10.1. The second-order valence-corrected chi connectivity index (χ2v) is 4.77. The standard InChI is InChI=1S/C13H15F3N2O2/c1-8(20-11-6-18(7-11)12(17)19)9-3-2-4-10(5-9)13(14,15)16/h2-5,8,11H,6-7H2,1H3,(H2,17,19). The molecule has 20 heavy (non-hydrogen) atoms. The smallest absolute Gasteiger partial charge is 0.367 e. The maximum atomic E-state index is 12.6. The molecular formula is C13H15F3N2O2. The Morgan fingerprint density at radius 1 is 1.45 bits per heavy atom. The zero-order valence-corrected chi connectivity index (χ0v) is 10.9. The lowest BCUT2D eigenvalue weighted by Crippen LogP contribution is -2.56. The molecule has 4 nitrogen and oxygen atoms in total. The van der Waals surface area contributed by atoms with Gasteiger partial charge in [-0.2, -0.15) is 13.2 Å². The van der Waals surface area contributed by atoms with E-state index < -0.39 is 23.9 Å². The average Bonchev–Trinajstić information content (AvgIpc) is 2.31. The normalized spacial score (nSPS) is 17.7. The van der Waals surface area contributed by atoms with Gasteiger partial charge in [-0.05, 0) is 24.6 Å². The number of nitrogens with zero attached hydrogens (tertiary/aromatic N) is 1. The highest BCUT2D eigenvalue weighted by atomic mass is 19.4. The van der Waals surface area contributed by atoms with Crippen molar-refractivity contribution < 1.29 is 22.7 Å². The van der Waals surface area contributed by atoms with Crippen molar-refractivity contribution in [3.63, 3.8) is 0 Å². The number of ether oxygens (including phenoxy) is 1. The van der Waals surface area contributed by atoms with Gasteiger partial charge in [-0.15, -0.1) is 0 Å².